The van der Waals surface area contributed by atoms with Gasteiger partial charge in [0.2, 0.25) is 11.2 Å². The molecule has 0 bridgehead atoms. The smallest absolute Gasteiger partial charge is 0.362 e. The number of rotatable bonds is 4. The minimum atomic E-state index is -4.45. The normalized spacial score (nSPS) is 11.6. The fraction of sp³-hybridized carbons (Fsp3) is 0.0625. The Hall–Kier alpha value is -3.20. The van der Waals surface area contributed by atoms with Gasteiger partial charge in [0.1, 0.15) is 22.5 Å². The van der Waals surface area contributed by atoms with E-state index in [4.69, 9.17) is 18.9 Å². The molecule has 0 unspecified atom stereocenters. The molecule has 3 rings (SSSR count). The molecule has 1 aromatic heterocycles. The zero-order valence-corrected chi connectivity index (χ0v) is 14.3. The Balaban J connectivity index is 2.10. The van der Waals surface area contributed by atoms with Gasteiger partial charge in [0.15, 0.2) is 23.6 Å². The molecule has 0 saturated heterocycles. The first kappa shape index (κ1) is 18.6. The molecule has 0 spiro atoms. The van der Waals surface area contributed by atoms with E-state index in [1.54, 1.807) is 0 Å². The van der Waals surface area contributed by atoms with Crippen molar-refractivity contribution in [3.8, 4) is 40.1 Å². The number of hydrogen-bond acceptors (Lipinski definition) is 8. The van der Waals surface area contributed by atoms with Crippen LogP contribution in [0, 0.1) is 0 Å². The fourth-order valence-corrected chi connectivity index (χ4v) is 2.71. The Morgan fingerprint density at radius 1 is 1.00 bits per heavy atom. The lowest BCUT2D eigenvalue weighted by Gasteiger charge is -2.11. The van der Waals surface area contributed by atoms with E-state index in [0.717, 1.165) is 24.3 Å². The average molecular weight is 396 g/mol. The summed E-state index contributed by atoms with van der Waals surface area (Å²) in [6, 6.07) is 5.45. The van der Waals surface area contributed by atoms with Crippen LogP contribution in [-0.2, 0) is 4.57 Å². The van der Waals surface area contributed by atoms with E-state index < -0.39 is 36.6 Å². The second-order valence-electron chi connectivity index (χ2n) is 5.57. The first-order chi connectivity index (χ1) is 12.6. The van der Waals surface area contributed by atoms with E-state index in [-0.39, 0.29) is 33.8 Å². The molecule has 0 aliphatic carbocycles. The summed E-state index contributed by atoms with van der Waals surface area (Å²) in [7, 11) is -4.45. The van der Waals surface area contributed by atoms with Crippen LogP contribution in [0.5, 0.6) is 28.7 Å². The summed E-state index contributed by atoms with van der Waals surface area (Å²) in [5.74, 6) is -2.91. The molecule has 6 N–H and O–H groups in total. The van der Waals surface area contributed by atoms with Crippen molar-refractivity contribution in [3.05, 3.63) is 40.6 Å². The molecule has 11 heteroatoms. The van der Waals surface area contributed by atoms with Gasteiger partial charge in [-0.15, -0.1) is 0 Å². The van der Waals surface area contributed by atoms with Crippen LogP contribution in [0.4, 0.5) is 0 Å². The van der Waals surface area contributed by atoms with Crippen LogP contribution in [0.1, 0.15) is 0 Å². The topological polar surface area (TPSA) is 178 Å². The van der Waals surface area contributed by atoms with Gasteiger partial charge in [0.05, 0.1) is 0 Å². The van der Waals surface area contributed by atoms with Gasteiger partial charge in [-0.3, -0.25) is 9.36 Å². The number of hydrogen-bond donors (Lipinski definition) is 6. The minimum Gasteiger partial charge on any atom is -0.508 e. The Morgan fingerprint density at radius 2 is 1.70 bits per heavy atom. The molecule has 2 aromatic carbocycles. The average Bonchev–Trinajstić information content (AvgIpc) is 2.55. The van der Waals surface area contributed by atoms with Gasteiger partial charge in [-0.1, -0.05) is 0 Å². The molecule has 0 saturated carbocycles. The van der Waals surface area contributed by atoms with Gasteiger partial charge in [0, 0.05) is 17.7 Å². The summed E-state index contributed by atoms with van der Waals surface area (Å²) >= 11 is 0. The molecule has 0 fully saturated rings. The lowest BCUT2D eigenvalue weighted by atomic mass is 10.1. The van der Waals surface area contributed by atoms with Crippen molar-refractivity contribution >= 4 is 18.6 Å². The van der Waals surface area contributed by atoms with Crippen LogP contribution in [0.15, 0.2) is 39.5 Å². The molecule has 0 atom stereocenters. The summed E-state index contributed by atoms with van der Waals surface area (Å²) in [6.45, 7) is 0. The highest BCUT2D eigenvalue weighted by Gasteiger charge is 2.20. The summed E-state index contributed by atoms with van der Waals surface area (Å²) < 4.78 is 21.0. The van der Waals surface area contributed by atoms with Crippen molar-refractivity contribution in [1.82, 2.24) is 0 Å². The second-order valence-corrected chi connectivity index (χ2v) is 7.16. The highest BCUT2D eigenvalue weighted by molar-refractivity contribution is 7.51. The van der Waals surface area contributed by atoms with Crippen LogP contribution in [0.25, 0.3) is 22.3 Å². The maximum Gasteiger partial charge on any atom is 0.362 e. The third kappa shape index (κ3) is 3.68. The van der Waals surface area contributed by atoms with E-state index in [9.17, 15) is 29.8 Å². The molecule has 0 radical (unpaired) electrons. The molecule has 0 amide bonds. The predicted octanol–water partition coefficient (Wildman–Crippen LogP) is 1.80. The highest BCUT2D eigenvalue weighted by Crippen LogP contribution is 2.40. The molecule has 27 heavy (non-hydrogen) atoms. The molecule has 0 aliphatic heterocycles. The summed E-state index contributed by atoms with van der Waals surface area (Å²) in [5, 5.41) is 39.0. The van der Waals surface area contributed by atoms with Crippen LogP contribution in [0.3, 0.4) is 0 Å². The van der Waals surface area contributed by atoms with Gasteiger partial charge < -0.3 is 39.4 Å². The second kappa shape index (κ2) is 6.51. The predicted molar refractivity (Wildman–Crippen MR) is 92.1 cm³/mol. The Morgan fingerprint density at radius 3 is 2.33 bits per heavy atom. The van der Waals surface area contributed by atoms with E-state index in [1.165, 1.54) is 6.07 Å². The van der Waals surface area contributed by atoms with Crippen LogP contribution >= 0.6 is 7.60 Å². The van der Waals surface area contributed by atoms with E-state index in [1.807, 2.05) is 0 Å². The molecular formula is C16H13O10P. The minimum absolute atomic E-state index is 0.0374. The fourth-order valence-electron chi connectivity index (χ4n) is 2.41. The number of phenols is 3. The number of aromatic hydroxyl groups is 4. The van der Waals surface area contributed by atoms with Crippen molar-refractivity contribution < 1.29 is 43.9 Å². The van der Waals surface area contributed by atoms with Gasteiger partial charge in [-0.05, 0) is 18.2 Å². The first-order valence-corrected chi connectivity index (χ1v) is 9.09. The van der Waals surface area contributed by atoms with Crippen molar-refractivity contribution in [1.29, 1.82) is 0 Å². The van der Waals surface area contributed by atoms with Crippen LogP contribution in [0.2, 0.25) is 0 Å². The third-order valence-corrected chi connectivity index (χ3v) is 4.01. The van der Waals surface area contributed by atoms with Gasteiger partial charge >= 0.3 is 7.60 Å². The Kier molecular flexibility index (Phi) is 4.48. The number of benzene rings is 2. The summed E-state index contributed by atoms with van der Waals surface area (Å²) in [6.07, 6.45) is -0.950. The molecule has 3 aromatic rings. The van der Waals surface area contributed by atoms with Crippen molar-refractivity contribution in [2.24, 2.45) is 0 Å². The van der Waals surface area contributed by atoms with E-state index >= 15 is 0 Å². The lowest BCUT2D eigenvalue weighted by Crippen LogP contribution is -2.03. The third-order valence-electron chi connectivity index (χ3n) is 3.54. The zero-order chi connectivity index (χ0) is 19.9. The van der Waals surface area contributed by atoms with Crippen molar-refractivity contribution in [3.63, 3.8) is 0 Å². The Bertz CT molecular complexity index is 1140. The van der Waals surface area contributed by atoms with Gasteiger partial charge in [0.25, 0.3) is 0 Å². The monoisotopic (exact) mass is 396 g/mol. The van der Waals surface area contributed by atoms with E-state index in [0.29, 0.717) is 0 Å². The summed E-state index contributed by atoms with van der Waals surface area (Å²) in [4.78, 5) is 29.9. The Labute approximate surface area is 150 Å². The van der Waals surface area contributed by atoms with Crippen LogP contribution in [-0.4, -0.2) is 36.6 Å². The van der Waals surface area contributed by atoms with Crippen molar-refractivity contribution in [2.75, 3.05) is 6.35 Å². The maximum absolute atomic E-state index is 12.3. The van der Waals surface area contributed by atoms with Crippen LogP contribution < -0.4 is 10.2 Å². The van der Waals surface area contributed by atoms with Gasteiger partial charge in [-0.25, -0.2) is 0 Å². The largest absolute Gasteiger partial charge is 0.508 e. The summed E-state index contributed by atoms with van der Waals surface area (Å²) in [5.41, 5.74) is -1.12. The molecule has 10 nitrogen and oxygen atoms in total. The SMILES string of the molecule is O=c1c(O)c(-c2ccc(OCP(=O)(O)O)c(O)c2)oc2cc(O)cc(O)c12. The molecule has 0 aliphatic rings. The zero-order valence-electron chi connectivity index (χ0n) is 13.4. The lowest BCUT2D eigenvalue weighted by molar-refractivity contribution is 0.292. The van der Waals surface area contributed by atoms with Gasteiger partial charge in [-0.2, -0.15) is 0 Å². The first-order valence-electron chi connectivity index (χ1n) is 7.29. The molecular weight excluding hydrogens is 383 g/mol. The number of phenolic OH excluding ortho intramolecular Hbond substituents is 3. The quantitative estimate of drug-likeness (QED) is 0.356. The molecule has 142 valence electrons. The highest BCUT2D eigenvalue weighted by atomic mass is 31.2. The number of ether oxygens (including phenoxy) is 1. The van der Waals surface area contributed by atoms with E-state index in [2.05, 4.69) is 0 Å². The number of fused-ring (bicyclic) bond motifs is 1. The maximum atomic E-state index is 12.3. The van der Waals surface area contributed by atoms with Crippen molar-refractivity contribution in [2.45, 2.75) is 0 Å². The standard InChI is InChI=1S/C16H13O10P/c17-8-4-10(19)13-12(5-8)26-16(15(21)14(13)20)7-1-2-11(9(18)3-7)25-6-27(22,23)24/h1-5,17-19,21H,6H2,(H2,22,23,24). The molecule has 1 heterocycles.